The smallest absolute Gasteiger partial charge is 0.240 e. The fourth-order valence-corrected chi connectivity index (χ4v) is 8.94. The van der Waals surface area contributed by atoms with Gasteiger partial charge < -0.3 is 31.1 Å². The Morgan fingerprint density at radius 3 is 1.10 bits per heavy atom. The molecule has 8 aromatic rings. The molecule has 0 fully saturated rings. The van der Waals surface area contributed by atoms with Crippen molar-refractivity contribution in [2.75, 3.05) is 98.2 Å². The Morgan fingerprint density at radius 1 is 0.430 bits per heavy atom. The molecule has 2 amide bonds. The number of thioether (sulfide) groups is 4. The van der Waals surface area contributed by atoms with Crippen molar-refractivity contribution in [3.8, 4) is 22.3 Å². The van der Waals surface area contributed by atoms with E-state index < -0.39 is 4.75 Å². The van der Waals surface area contributed by atoms with Crippen LogP contribution >= 0.6 is 47.0 Å². The topological polar surface area (TPSA) is 88.7 Å². The highest BCUT2D eigenvalue weighted by atomic mass is 32.2. The second-order valence-corrected chi connectivity index (χ2v) is 26.9. The maximum atomic E-state index is 12.7. The molecule has 12 heteroatoms. The number of amides is 2. The molecule has 0 saturated carbocycles. The molecule has 0 aliphatic rings. The first-order chi connectivity index (χ1) is 41.1. The lowest BCUT2D eigenvalue weighted by atomic mass is 10.0. The van der Waals surface area contributed by atoms with E-state index in [9.17, 15) is 9.59 Å². The van der Waals surface area contributed by atoms with Crippen LogP contribution in [-0.4, -0.2) is 99.1 Å². The first-order valence-corrected chi connectivity index (χ1v) is 34.3. The van der Waals surface area contributed by atoms with E-state index in [1.807, 2.05) is 163 Å². The molecule has 0 radical (unpaired) electrons. The third-order valence-electron chi connectivity index (χ3n) is 13.5. The lowest BCUT2D eigenvalue weighted by Gasteiger charge is -2.23. The van der Waals surface area contributed by atoms with Gasteiger partial charge in [0.15, 0.2) is 0 Å². The maximum absolute atomic E-state index is 12.7. The molecule has 8 nitrogen and oxygen atoms in total. The lowest BCUT2D eigenvalue weighted by molar-refractivity contribution is -0.117. The molecule has 0 spiro atoms. The molecule has 4 N–H and O–H groups in total. The number of rotatable bonds is 20. The van der Waals surface area contributed by atoms with E-state index in [2.05, 4.69) is 206 Å². The van der Waals surface area contributed by atoms with Crippen LogP contribution in [0.25, 0.3) is 22.3 Å². The molecule has 0 aliphatic heterocycles. The van der Waals surface area contributed by atoms with Crippen molar-refractivity contribution in [2.45, 2.75) is 78.0 Å². The summed E-state index contributed by atoms with van der Waals surface area (Å²) in [5.74, 6) is 1.58. The Hall–Kier alpha value is -6.38. The first-order valence-electron chi connectivity index (χ1n) is 29.1. The molecule has 0 saturated heterocycles. The molecule has 8 rings (SSSR count). The summed E-state index contributed by atoms with van der Waals surface area (Å²) in [6, 6.07) is 70.7. The Balaban J connectivity index is 0.000000310. The van der Waals surface area contributed by atoms with Crippen LogP contribution in [0.5, 0.6) is 0 Å². The van der Waals surface area contributed by atoms with Crippen molar-refractivity contribution in [1.82, 2.24) is 10.6 Å². The van der Waals surface area contributed by atoms with E-state index in [0.717, 1.165) is 59.0 Å². The Bertz CT molecular complexity index is 2960. The van der Waals surface area contributed by atoms with E-state index in [4.69, 9.17) is 0 Å². The van der Waals surface area contributed by atoms with E-state index in [0.29, 0.717) is 12.3 Å². The van der Waals surface area contributed by atoms with Crippen LogP contribution in [-0.2, 0) is 22.7 Å². The third kappa shape index (κ3) is 29.8. The van der Waals surface area contributed by atoms with Gasteiger partial charge in [-0.1, -0.05) is 180 Å². The number of nitrogens with one attached hydrogen (secondary N) is 4. The number of hydrogen-bond donors (Lipinski definition) is 4. The number of nitrogens with zero attached hydrogens (tertiary/aromatic N) is 2. The minimum atomic E-state index is -0.468. The molecule has 86 heavy (non-hydrogen) atoms. The van der Waals surface area contributed by atoms with Gasteiger partial charge in [0, 0.05) is 87.6 Å². The van der Waals surface area contributed by atoms with Crippen molar-refractivity contribution in [2.24, 2.45) is 0 Å². The molecule has 0 aliphatic carbocycles. The molecular weight excluding hydrogens is 1130 g/mol. The van der Waals surface area contributed by atoms with Crippen molar-refractivity contribution < 1.29 is 9.59 Å². The van der Waals surface area contributed by atoms with Gasteiger partial charge in [-0.3, -0.25) is 9.59 Å². The molecular formula is C74H98N6O2S4. The molecule has 8 aromatic carbocycles. The number of carbonyl (C=O) groups is 2. The Kier molecular flexibility index (Phi) is 35.1. The molecule has 0 aromatic heterocycles. The predicted octanol–water partition coefficient (Wildman–Crippen LogP) is 17.9. The fraction of sp³-hybridized carbons (Fsp3) is 0.324. The first kappa shape index (κ1) is 73.9. The van der Waals surface area contributed by atoms with Crippen LogP contribution < -0.4 is 31.1 Å². The van der Waals surface area contributed by atoms with Crippen LogP contribution in [0.1, 0.15) is 61.1 Å². The minimum absolute atomic E-state index is 0.0263. The highest BCUT2D eigenvalue weighted by Gasteiger charge is 2.27. The SMILES string of the molecule is CSCC(=O)Nc1ccc(-c2ccc(N(C)C)cc2)cc1CNCC(C)(C)SC.CSCCNCc1cc(-c2ccc(N(C)C)cc2)ccc1NC(=O)C(C)(C)SC.Cc1ccccc1.Cc1ccccc1.Cc1ccccc1.Cc1ccccc1. The second kappa shape index (κ2) is 40.9. The van der Waals surface area contributed by atoms with Gasteiger partial charge in [0.05, 0.1) is 10.5 Å². The minimum Gasteiger partial charge on any atom is -0.378 e. The summed E-state index contributed by atoms with van der Waals surface area (Å²) in [7, 11) is 8.17. The van der Waals surface area contributed by atoms with Gasteiger partial charge in [0.2, 0.25) is 11.8 Å². The molecule has 0 atom stereocenters. The van der Waals surface area contributed by atoms with Gasteiger partial charge in [-0.2, -0.15) is 35.3 Å². The third-order valence-corrected chi connectivity index (χ3v) is 17.1. The lowest BCUT2D eigenvalue weighted by Crippen LogP contribution is -2.34. The predicted molar refractivity (Wildman–Crippen MR) is 390 cm³/mol. The number of anilines is 4. The Morgan fingerprint density at radius 2 is 0.791 bits per heavy atom. The number of benzene rings is 8. The number of aryl methyl sites for hydroxylation is 4. The zero-order chi connectivity index (χ0) is 63.3. The zero-order valence-electron chi connectivity index (χ0n) is 54.2. The van der Waals surface area contributed by atoms with Crippen LogP contribution in [0.2, 0.25) is 0 Å². The Labute approximate surface area is 536 Å². The molecule has 0 bridgehead atoms. The van der Waals surface area contributed by atoms with Crippen molar-refractivity contribution in [1.29, 1.82) is 0 Å². The van der Waals surface area contributed by atoms with Crippen LogP contribution in [0, 0.1) is 27.7 Å². The van der Waals surface area contributed by atoms with Gasteiger partial charge in [-0.05, 0) is 162 Å². The van der Waals surface area contributed by atoms with E-state index in [1.54, 1.807) is 11.8 Å². The maximum Gasteiger partial charge on any atom is 0.240 e. The zero-order valence-corrected chi connectivity index (χ0v) is 57.5. The number of carbonyl (C=O) groups excluding carboxylic acids is 2. The van der Waals surface area contributed by atoms with Gasteiger partial charge in [0.1, 0.15) is 0 Å². The second-order valence-electron chi connectivity index (χ2n) is 22.1. The van der Waals surface area contributed by atoms with Crippen LogP contribution in [0.3, 0.4) is 0 Å². The fourth-order valence-electron chi connectivity index (χ4n) is 7.78. The summed E-state index contributed by atoms with van der Waals surface area (Å²) in [4.78, 5) is 29.0. The van der Waals surface area contributed by atoms with Gasteiger partial charge in [-0.25, -0.2) is 0 Å². The van der Waals surface area contributed by atoms with E-state index in [1.165, 1.54) is 56.5 Å². The van der Waals surface area contributed by atoms with Crippen molar-refractivity contribution in [3.05, 3.63) is 240 Å². The standard InChI is InChI=1S/2C23H33N3OS2.4C7H8/c1-23(2,29-6)16-24-14-19-13-18(9-12-21(19)25-22(27)15-28-5)17-7-10-20(11-8-17)26(3)4;1-23(2,29-6)22(27)25-21-12-9-18(15-19(21)16-24-13-14-28-5)17-7-10-20(11-8-17)26(3)4;4*1-7-5-3-2-4-6-7/h7-13,24H,14-16H2,1-6H3,(H,25,27);7-12,15,24H,13-14,16H2,1-6H3,(H,25,27);4*2-6H,1H3. The summed E-state index contributed by atoms with van der Waals surface area (Å²) in [5, 5.41) is 13.2. The average molecular weight is 1230 g/mol. The highest BCUT2D eigenvalue weighted by molar-refractivity contribution is 8.00. The summed E-state index contributed by atoms with van der Waals surface area (Å²) >= 11 is 6.75. The van der Waals surface area contributed by atoms with Crippen LogP contribution in [0.4, 0.5) is 22.7 Å². The summed E-state index contributed by atoms with van der Waals surface area (Å²) < 4.78 is -0.299. The van der Waals surface area contributed by atoms with Gasteiger partial charge in [0.25, 0.3) is 0 Å². The van der Waals surface area contributed by atoms with Crippen molar-refractivity contribution >= 4 is 81.6 Å². The van der Waals surface area contributed by atoms with Gasteiger partial charge in [-0.15, -0.1) is 11.8 Å². The average Bonchev–Trinajstić information content (AvgIpc) is 3.22. The van der Waals surface area contributed by atoms with Crippen molar-refractivity contribution in [3.63, 3.8) is 0 Å². The largest absolute Gasteiger partial charge is 0.378 e. The molecule has 0 heterocycles. The van der Waals surface area contributed by atoms with Crippen LogP contribution in [0.15, 0.2) is 206 Å². The summed E-state index contributed by atoms with van der Waals surface area (Å²) in [5.41, 5.74) is 16.2. The highest BCUT2D eigenvalue weighted by Crippen LogP contribution is 2.31. The quantitative estimate of drug-likeness (QED) is 0.0554. The summed E-state index contributed by atoms with van der Waals surface area (Å²) in [6.45, 7) is 20.0. The normalized spacial score (nSPS) is 10.5. The summed E-state index contributed by atoms with van der Waals surface area (Å²) in [6.07, 6.45) is 8.14. The van der Waals surface area contributed by atoms with Gasteiger partial charge >= 0.3 is 0 Å². The monoisotopic (exact) mass is 1230 g/mol. The van der Waals surface area contributed by atoms with E-state index in [-0.39, 0.29) is 16.6 Å². The number of hydrogen-bond acceptors (Lipinski definition) is 10. The van der Waals surface area contributed by atoms with E-state index >= 15 is 0 Å². The molecule has 0 unspecified atom stereocenters. The molecule has 460 valence electrons.